The number of aromatic hydroxyl groups is 1. The molecule has 5 rings (SSSR count). The van der Waals surface area contributed by atoms with Gasteiger partial charge >= 0.3 is 0 Å². The molecule has 0 fully saturated rings. The number of azo groups is 1. The number of amides is 1. The fraction of sp³-hybridized carbons (Fsp3) is 0.0370. The second-order valence-corrected chi connectivity index (χ2v) is 7.53. The zero-order valence-corrected chi connectivity index (χ0v) is 17.7. The number of hydrogen-bond acceptors (Lipinski definition) is 4. The number of fused-ring (bicyclic) bond motifs is 2. The van der Waals surface area contributed by atoms with E-state index in [-0.39, 0.29) is 11.6 Å². The molecule has 0 spiro atoms. The van der Waals surface area contributed by atoms with Gasteiger partial charge in [0.25, 0.3) is 5.91 Å². The molecule has 33 heavy (non-hydrogen) atoms. The van der Waals surface area contributed by atoms with Crippen molar-refractivity contribution in [3.05, 3.63) is 103 Å². The molecule has 0 unspecified atom stereocenters. The van der Waals surface area contributed by atoms with E-state index in [4.69, 9.17) is 4.98 Å². The molecule has 3 aromatic carbocycles. The summed E-state index contributed by atoms with van der Waals surface area (Å²) in [5.41, 5.74) is 3.72. The van der Waals surface area contributed by atoms with E-state index in [1.165, 1.54) is 0 Å². The van der Waals surface area contributed by atoms with Crippen molar-refractivity contribution in [3.8, 4) is 17.1 Å². The molecule has 2 aromatic heterocycles. The van der Waals surface area contributed by atoms with Crippen molar-refractivity contribution in [2.45, 2.75) is 6.54 Å². The number of aromatic nitrogens is 2. The Morgan fingerprint density at radius 2 is 1.67 bits per heavy atom. The largest absolute Gasteiger partial charge is 0.493 e. The molecule has 5 aromatic rings. The van der Waals surface area contributed by atoms with Gasteiger partial charge in [0, 0.05) is 22.9 Å². The Labute approximate surface area is 190 Å². The highest BCUT2D eigenvalue weighted by Gasteiger charge is 2.17. The molecule has 6 nitrogen and oxygen atoms in total. The average Bonchev–Trinajstić information content (AvgIpc) is 3.13. The van der Waals surface area contributed by atoms with Crippen LogP contribution < -0.4 is 0 Å². The van der Waals surface area contributed by atoms with Crippen LogP contribution in [0, 0.1) is 0 Å². The molecule has 1 amide bonds. The van der Waals surface area contributed by atoms with Crippen LogP contribution in [0.3, 0.4) is 0 Å². The first kappa shape index (κ1) is 20.3. The molecule has 0 aliphatic rings. The number of carbonyl (C=O) groups is 1. The van der Waals surface area contributed by atoms with Crippen LogP contribution in [0.25, 0.3) is 33.1 Å². The van der Waals surface area contributed by atoms with Crippen molar-refractivity contribution in [2.24, 2.45) is 10.2 Å². The summed E-state index contributed by atoms with van der Waals surface area (Å²) in [6.07, 6.45) is 1.69. The Morgan fingerprint density at radius 3 is 2.45 bits per heavy atom. The van der Waals surface area contributed by atoms with Crippen molar-refractivity contribution in [1.82, 2.24) is 9.55 Å². The SMILES string of the molecule is C=CCn1c(O)c(N=NC(=O)c2cc(-c3ccccc3)nc3ccccc23)c2ccccc21. The number of pyridine rings is 1. The number of allylic oxidation sites excluding steroid dienone is 1. The van der Waals surface area contributed by atoms with Crippen molar-refractivity contribution < 1.29 is 9.90 Å². The molecular weight excluding hydrogens is 412 g/mol. The third-order valence-electron chi connectivity index (χ3n) is 5.49. The van der Waals surface area contributed by atoms with Crippen LogP contribution in [-0.4, -0.2) is 20.6 Å². The summed E-state index contributed by atoms with van der Waals surface area (Å²) in [7, 11) is 0. The van der Waals surface area contributed by atoms with Gasteiger partial charge in [0.15, 0.2) is 5.69 Å². The third-order valence-corrected chi connectivity index (χ3v) is 5.49. The smallest absolute Gasteiger partial charge is 0.296 e. The van der Waals surface area contributed by atoms with Crippen LogP contribution in [-0.2, 0) is 6.54 Å². The molecule has 0 radical (unpaired) electrons. The topological polar surface area (TPSA) is 79.8 Å². The highest BCUT2D eigenvalue weighted by atomic mass is 16.3. The zero-order chi connectivity index (χ0) is 22.8. The number of para-hydroxylation sites is 2. The summed E-state index contributed by atoms with van der Waals surface area (Å²) in [6, 6.07) is 26.3. The Bertz CT molecular complexity index is 1530. The molecule has 2 heterocycles. The van der Waals surface area contributed by atoms with Crippen LogP contribution in [0.5, 0.6) is 5.88 Å². The zero-order valence-electron chi connectivity index (χ0n) is 17.7. The van der Waals surface area contributed by atoms with Gasteiger partial charge < -0.3 is 9.67 Å². The van der Waals surface area contributed by atoms with Crippen LogP contribution in [0.1, 0.15) is 10.4 Å². The Balaban J connectivity index is 1.61. The molecule has 160 valence electrons. The minimum absolute atomic E-state index is 0.0581. The fourth-order valence-corrected chi connectivity index (χ4v) is 3.94. The predicted molar refractivity (Wildman–Crippen MR) is 130 cm³/mol. The highest BCUT2D eigenvalue weighted by Crippen LogP contribution is 2.39. The first-order chi connectivity index (χ1) is 16.2. The maximum Gasteiger partial charge on any atom is 0.296 e. The van der Waals surface area contributed by atoms with E-state index in [2.05, 4.69) is 16.8 Å². The van der Waals surface area contributed by atoms with Crippen LogP contribution in [0.15, 0.2) is 108 Å². The lowest BCUT2D eigenvalue weighted by Gasteiger charge is -2.07. The quantitative estimate of drug-likeness (QED) is 0.249. The van der Waals surface area contributed by atoms with Crippen LogP contribution >= 0.6 is 0 Å². The summed E-state index contributed by atoms with van der Waals surface area (Å²) in [5, 5.41) is 20.3. The summed E-state index contributed by atoms with van der Waals surface area (Å²) < 4.78 is 1.68. The van der Waals surface area contributed by atoms with Crippen LogP contribution in [0.2, 0.25) is 0 Å². The number of rotatable bonds is 5. The van der Waals surface area contributed by atoms with Crippen molar-refractivity contribution in [1.29, 1.82) is 0 Å². The van der Waals surface area contributed by atoms with E-state index >= 15 is 0 Å². The number of carbonyl (C=O) groups excluding carboxylic acids is 1. The molecule has 0 atom stereocenters. The second kappa shape index (κ2) is 8.51. The summed E-state index contributed by atoms with van der Waals surface area (Å²) >= 11 is 0. The summed E-state index contributed by atoms with van der Waals surface area (Å²) in [4.78, 5) is 17.9. The maximum absolute atomic E-state index is 13.2. The normalized spacial score (nSPS) is 11.4. The highest BCUT2D eigenvalue weighted by molar-refractivity contribution is 6.07. The summed E-state index contributed by atoms with van der Waals surface area (Å²) in [6.45, 7) is 4.15. The van der Waals surface area contributed by atoms with Gasteiger partial charge in [-0.3, -0.25) is 4.79 Å². The molecule has 1 N–H and O–H groups in total. The fourth-order valence-electron chi connectivity index (χ4n) is 3.94. The molecule has 6 heteroatoms. The lowest BCUT2D eigenvalue weighted by atomic mass is 10.0. The number of hydrogen-bond donors (Lipinski definition) is 1. The molecule has 0 saturated heterocycles. The lowest BCUT2D eigenvalue weighted by molar-refractivity contribution is 0.0996. The summed E-state index contributed by atoms with van der Waals surface area (Å²) in [5.74, 6) is -0.567. The van der Waals surface area contributed by atoms with E-state index in [1.54, 1.807) is 16.7 Å². The molecule has 0 saturated carbocycles. The van der Waals surface area contributed by atoms with Gasteiger partial charge in [0.05, 0.1) is 22.3 Å². The minimum Gasteiger partial charge on any atom is -0.493 e. The van der Waals surface area contributed by atoms with Crippen LogP contribution in [0.4, 0.5) is 5.69 Å². The van der Waals surface area contributed by atoms with Gasteiger partial charge in [-0.15, -0.1) is 16.8 Å². The van der Waals surface area contributed by atoms with Gasteiger partial charge in [-0.1, -0.05) is 72.8 Å². The Kier molecular flexibility index (Phi) is 5.24. The average molecular weight is 432 g/mol. The standard InChI is InChI=1S/C27H20N4O2/c1-2-16-31-24-15-9-7-13-20(24)25(27(31)33)29-30-26(32)21-17-23(18-10-4-3-5-11-18)28-22-14-8-6-12-19(21)22/h2-15,17,33H,1,16H2. The van der Waals surface area contributed by atoms with E-state index in [0.717, 1.165) is 11.1 Å². The predicted octanol–water partition coefficient (Wildman–Crippen LogP) is 6.67. The Hall–Kier alpha value is -4.58. The van der Waals surface area contributed by atoms with Crippen molar-refractivity contribution in [2.75, 3.05) is 0 Å². The number of nitrogens with zero attached hydrogens (tertiary/aromatic N) is 4. The molecular formula is C27H20N4O2. The van der Waals surface area contributed by atoms with E-state index < -0.39 is 5.91 Å². The maximum atomic E-state index is 13.2. The van der Waals surface area contributed by atoms with Gasteiger partial charge in [0.1, 0.15) is 0 Å². The molecule has 0 aliphatic carbocycles. The van der Waals surface area contributed by atoms with E-state index in [0.29, 0.717) is 34.1 Å². The van der Waals surface area contributed by atoms with Gasteiger partial charge in [-0.05, 0) is 18.2 Å². The molecule has 0 bridgehead atoms. The van der Waals surface area contributed by atoms with Gasteiger partial charge in [0.2, 0.25) is 5.88 Å². The second-order valence-electron chi connectivity index (χ2n) is 7.53. The van der Waals surface area contributed by atoms with E-state index in [1.807, 2.05) is 78.9 Å². The third kappa shape index (κ3) is 3.68. The first-order valence-electron chi connectivity index (χ1n) is 10.5. The first-order valence-corrected chi connectivity index (χ1v) is 10.5. The van der Waals surface area contributed by atoms with Gasteiger partial charge in [-0.25, -0.2) is 4.98 Å². The van der Waals surface area contributed by atoms with Gasteiger partial charge in [-0.2, -0.15) is 0 Å². The minimum atomic E-state index is -0.509. The Morgan fingerprint density at radius 1 is 0.970 bits per heavy atom. The number of benzene rings is 3. The van der Waals surface area contributed by atoms with E-state index in [9.17, 15) is 9.90 Å². The monoisotopic (exact) mass is 432 g/mol. The van der Waals surface area contributed by atoms with Crippen molar-refractivity contribution >= 4 is 33.4 Å². The van der Waals surface area contributed by atoms with Crippen molar-refractivity contribution in [3.63, 3.8) is 0 Å². The molecule has 0 aliphatic heterocycles. The lowest BCUT2D eigenvalue weighted by Crippen LogP contribution is -1.99.